The van der Waals surface area contributed by atoms with Crippen LogP contribution < -0.4 is 16.0 Å². The Labute approximate surface area is 139 Å². The zero-order valence-electron chi connectivity index (χ0n) is 15.2. The van der Waals surface area contributed by atoms with Gasteiger partial charge in [0.1, 0.15) is 0 Å². The van der Waals surface area contributed by atoms with Crippen LogP contribution in [-0.4, -0.2) is 30.2 Å². The third-order valence-electron chi connectivity index (χ3n) is 3.53. The number of nitrogens with zero attached hydrogens (tertiary/aromatic N) is 1. The first-order chi connectivity index (χ1) is 10.4. The number of nitrogens with one attached hydrogen (secondary N) is 1. The summed E-state index contributed by atoms with van der Waals surface area (Å²) in [7, 11) is 1.77. The molecule has 0 aliphatic heterocycles. The maximum atomic E-state index is 12.3. The van der Waals surface area contributed by atoms with E-state index in [1.54, 1.807) is 31.9 Å². The van der Waals surface area contributed by atoms with Crippen molar-refractivity contribution in [3.8, 4) is 0 Å². The summed E-state index contributed by atoms with van der Waals surface area (Å²) in [4.78, 5) is 13.9. The molecule has 0 aromatic heterocycles. The fourth-order valence-corrected chi connectivity index (χ4v) is 2.14. The predicted molar refractivity (Wildman–Crippen MR) is 97.7 cm³/mol. The quantitative estimate of drug-likeness (QED) is 0.703. The second kappa shape index (κ2) is 7.21. The lowest BCUT2D eigenvalue weighted by Crippen LogP contribution is -2.30. The number of benzene rings is 1. The van der Waals surface area contributed by atoms with Gasteiger partial charge in [-0.15, -0.1) is 0 Å². The number of rotatable bonds is 6. The van der Waals surface area contributed by atoms with Crippen LogP contribution in [0.3, 0.4) is 0 Å². The molecule has 0 aliphatic rings. The average molecular weight is 321 g/mol. The summed E-state index contributed by atoms with van der Waals surface area (Å²) in [6, 6.07) is 5.55. The summed E-state index contributed by atoms with van der Waals surface area (Å²) < 4.78 is 0. The number of anilines is 3. The molecule has 0 aliphatic carbocycles. The molecule has 23 heavy (non-hydrogen) atoms. The van der Waals surface area contributed by atoms with E-state index in [0.29, 0.717) is 25.1 Å². The molecule has 0 saturated heterocycles. The predicted octanol–water partition coefficient (Wildman–Crippen LogP) is 3.24. The Morgan fingerprint density at radius 1 is 1.26 bits per heavy atom. The van der Waals surface area contributed by atoms with Crippen molar-refractivity contribution in [2.75, 3.05) is 29.5 Å². The Hall–Kier alpha value is -1.75. The van der Waals surface area contributed by atoms with Crippen LogP contribution in [0.4, 0.5) is 17.1 Å². The Morgan fingerprint density at radius 3 is 2.35 bits per heavy atom. The fraction of sp³-hybridized carbons (Fsp3) is 0.611. The molecule has 1 amide bonds. The van der Waals surface area contributed by atoms with Crippen LogP contribution in [0.15, 0.2) is 18.2 Å². The summed E-state index contributed by atoms with van der Waals surface area (Å²) in [5.74, 6) is 0.0691. The van der Waals surface area contributed by atoms with E-state index in [9.17, 15) is 9.90 Å². The van der Waals surface area contributed by atoms with Gasteiger partial charge in [0.2, 0.25) is 5.91 Å². The molecule has 0 unspecified atom stereocenters. The Morgan fingerprint density at radius 2 is 1.87 bits per heavy atom. The topological polar surface area (TPSA) is 78.6 Å². The molecule has 5 nitrogen and oxygen atoms in total. The molecule has 1 rings (SSSR count). The van der Waals surface area contributed by atoms with Crippen molar-refractivity contribution in [3.63, 3.8) is 0 Å². The smallest absolute Gasteiger partial charge is 0.227 e. The van der Waals surface area contributed by atoms with Crippen molar-refractivity contribution in [2.24, 2.45) is 5.41 Å². The molecule has 130 valence electrons. The summed E-state index contributed by atoms with van der Waals surface area (Å²) in [5.41, 5.74) is 7.51. The van der Waals surface area contributed by atoms with Crippen LogP contribution in [0.2, 0.25) is 0 Å². The number of hydrogen-bond donors (Lipinski definition) is 3. The molecule has 0 spiro atoms. The standard InChI is InChI=1S/C18H31N3O2/c1-17(2,3)12-16(22)21(6)13-7-8-15(14(19)11-13)20-10-9-18(4,5)23/h7-8,11,20,23H,9-10,12,19H2,1-6H3. The first kappa shape index (κ1) is 19.3. The van der Waals surface area contributed by atoms with E-state index in [1.165, 1.54) is 0 Å². The Bertz CT molecular complexity index is 542. The minimum atomic E-state index is -0.707. The molecule has 1 aromatic rings. The zero-order chi connectivity index (χ0) is 17.8. The summed E-state index contributed by atoms with van der Waals surface area (Å²) in [5, 5.41) is 12.9. The highest BCUT2D eigenvalue weighted by atomic mass is 16.3. The van der Waals surface area contributed by atoms with Crippen LogP contribution in [-0.2, 0) is 4.79 Å². The number of carbonyl (C=O) groups excluding carboxylic acids is 1. The van der Waals surface area contributed by atoms with Gasteiger partial charge in [0, 0.05) is 25.7 Å². The van der Waals surface area contributed by atoms with Gasteiger partial charge in [-0.25, -0.2) is 0 Å². The van der Waals surface area contributed by atoms with Gasteiger partial charge in [-0.2, -0.15) is 0 Å². The van der Waals surface area contributed by atoms with E-state index in [0.717, 1.165) is 11.4 Å². The van der Waals surface area contributed by atoms with Crippen molar-refractivity contribution >= 4 is 23.0 Å². The van der Waals surface area contributed by atoms with E-state index < -0.39 is 5.60 Å². The van der Waals surface area contributed by atoms with Gasteiger partial charge in [-0.05, 0) is 43.9 Å². The first-order valence-corrected chi connectivity index (χ1v) is 8.01. The number of amides is 1. The van der Waals surface area contributed by atoms with E-state index in [-0.39, 0.29) is 11.3 Å². The van der Waals surface area contributed by atoms with Gasteiger partial charge >= 0.3 is 0 Å². The Balaban J connectivity index is 2.73. The lowest BCUT2D eigenvalue weighted by Gasteiger charge is -2.24. The second-order valence-electron chi connectivity index (χ2n) is 7.95. The van der Waals surface area contributed by atoms with Gasteiger partial charge in [0.25, 0.3) is 0 Å². The minimum Gasteiger partial charge on any atom is -0.397 e. The molecule has 0 bridgehead atoms. The highest BCUT2D eigenvalue weighted by molar-refractivity contribution is 5.94. The van der Waals surface area contributed by atoms with Crippen molar-refractivity contribution in [1.82, 2.24) is 0 Å². The van der Waals surface area contributed by atoms with E-state index in [1.807, 2.05) is 32.9 Å². The van der Waals surface area contributed by atoms with Crippen LogP contribution in [0, 0.1) is 5.41 Å². The molecule has 5 heteroatoms. The van der Waals surface area contributed by atoms with Crippen molar-refractivity contribution in [2.45, 2.75) is 53.1 Å². The minimum absolute atomic E-state index is 0.0461. The zero-order valence-corrected chi connectivity index (χ0v) is 15.2. The molecular weight excluding hydrogens is 290 g/mol. The number of aliphatic hydroxyl groups is 1. The van der Waals surface area contributed by atoms with Gasteiger partial charge in [-0.3, -0.25) is 4.79 Å². The molecule has 0 heterocycles. The van der Waals surface area contributed by atoms with Crippen molar-refractivity contribution in [3.05, 3.63) is 18.2 Å². The van der Waals surface area contributed by atoms with Crippen LogP contribution in [0.1, 0.15) is 47.5 Å². The van der Waals surface area contributed by atoms with Crippen molar-refractivity contribution in [1.29, 1.82) is 0 Å². The molecule has 1 aromatic carbocycles. The average Bonchev–Trinajstić information content (AvgIpc) is 2.36. The second-order valence-corrected chi connectivity index (χ2v) is 7.95. The lowest BCUT2D eigenvalue weighted by molar-refractivity contribution is -0.120. The van der Waals surface area contributed by atoms with Crippen molar-refractivity contribution < 1.29 is 9.90 Å². The van der Waals surface area contributed by atoms with Crippen LogP contribution in [0.25, 0.3) is 0 Å². The highest BCUT2D eigenvalue weighted by Gasteiger charge is 2.20. The van der Waals surface area contributed by atoms with E-state index in [4.69, 9.17) is 5.73 Å². The number of carbonyl (C=O) groups is 1. The van der Waals surface area contributed by atoms with Crippen LogP contribution >= 0.6 is 0 Å². The maximum absolute atomic E-state index is 12.3. The summed E-state index contributed by atoms with van der Waals surface area (Å²) in [6.07, 6.45) is 1.10. The normalized spacial score (nSPS) is 12.1. The SMILES string of the molecule is CN(C(=O)CC(C)(C)C)c1ccc(NCCC(C)(C)O)c(N)c1. The third kappa shape index (κ3) is 6.91. The molecular formula is C18H31N3O2. The maximum Gasteiger partial charge on any atom is 0.227 e. The lowest BCUT2D eigenvalue weighted by atomic mass is 9.91. The molecule has 4 N–H and O–H groups in total. The molecule has 0 radical (unpaired) electrons. The monoisotopic (exact) mass is 321 g/mol. The largest absolute Gasteiger partial charge is 0.397 e. The van der Waals surface area contributed by atoms with Gasteiger partial charge in [-0.1, -0.05) is 20.8 Å². The van der Waals surface area contributed by atoms with Gasteiger partial charge in [0.05, 0.1) is 17.0 Å². The van der Waals surface area contributed by atoms with E-state index >= 15 is 0 Å². The van der Waals surface area contributed by atoms with Crippen LogP contribution in [0.5, 0.6) is 0 Å². The Kier molecular flexibility index (Phi) is 6.05. The fourth-order valence-electron chi connectivity index (χ4n) is 2.14. The third-order valence-corrected chi connectivity index (χ3v) is 3.53. The van der Waals surface area contributed by atoms with Gasteiger partial charge in [0.15, 0.2) is 0 Å². The number of nitrogens with two attached hydrogens (primary N) is 1. The van der Waals surface area contributed by atoms with Gasteiger partial charge < -0.3 is 21.1 Å². The number of hydrogen-bond acceptors (Lipinski definition) is 4. The summed E-state index contributed by atoms with van der Waals surface area (Å²) in [6.45, 7) is 10.3. The molecule has 0 saturated carbocycles. The highest BCUT2D eigenvalue weighted by Crippen LogP contribution is 2.27. The number of nitrogen functional groups attached to an aromatic ring is 1. The van der Waals surface area contributed by atoms with E-state index in [2.05, 4.69) is 5.32 Å². The molecule has 0 atom stereocenters. The summed E-state index contributed by atoms with van der Waals surface area (Å²) >= 11 is 0. The molecule has 0 fully saturated rings. The first-order valence-electron chi connectivity index (χ1n) is 8.01.